The van der Waals surface area contributed by atoms with E-state index >= 15 is 0 Å². The molecule has 2 heterocycles. The molecule has 6 nitrogen and oxygen atoms in total. The van der Waals surface area contributed by atoms with E-state index in [-0.39, 0.29) is 0 Å². The number of ether oxygens (including phenoxy) is 2. The highest BCUT2D eigenvalue weighted by atomic mass is 32.2. The molecule has 0 aliphatic rings. The minimum absolute atomic E-state index is 0.649. The topological polar surface area (TPSA) is 72.9 Å². The first-order chi connectivity index (χ1) is 7.85. The predicted octanol–water partition coefficient (Wildman–Crippen LogP) is 1.57. The molecule has 16 heavy (non-hydrogen) atoms. The molecule has 0 radical (unpaired) electrons. The zero-order valence-electron chi connectivity index (χ0n) is 8.76. The third kappa shape index (κ3) is 2.27. The van der Waals surface area contributed by atoms with Gasteiger partial charge in [-0.05, 0) is 0 Å². The van der Waals surface area contributed by atoms with Gasteiger partial charge in [-0.1, -0.05) is 5.21 Å². The van der Waals surface area contributed by atoms with Crippen LogP contribution in [0.2, 0.25) is 0 Å². The Labute approximate surface area is 100 Å². The largest absolute Gasteiger partial charge is 0.492 e. The van der Waals surface area contributed by atoms with Gasteiger partial charge in [-0.3, -0.25) is 0 Å². The van der Waals surface area contributed by atoms with Crippen molar-refractivity contribution in [1.29, 1.82) is 0 Å². The summed E-state index contributed by atoms with van der Waals surface area (Å²) in [6, 6.07) is 0. The molecule has 0 saturated carbocycles. The molecule has 0 amide bonds. The second kappa shape index (κ2) is 5.17. The number of aromatic nitrogens is 4. The van der Waals surface area contributed by atoms with Crippen molar-refractivity contribution in [3.05, 3.63) is 11.2 Å². The van der Waals surface area contributed by atoms with Gasteiger partial charge in [0, 0.05) is 5.38 Å². The third-order valence-corrected chi connectivity index (χ3v) is 4.05. The predicted molar refractivity (Wildman–Crippen MR) is 61.2 cm³/mol. The lowest BCUT2D eigenvalue weighted by molar-refractivity contribution is 0.352. The number of H-pyrrole nitrogens is 1. The van der Waals surface area contributed by atoms with E-state index in [2.05, 4.69) is 20.6 Å². The van der Waals surface area contributed by atoms with Crippen molar-refractivity contribution in [1.82, 2.24) is 20.6 Å². The van der Waals surface area contributed by atoms with Crippen molar-refractivity contribution in [2.75, 3.05) is 14.2 Å². The molecule has 0 atom stereocenters. The van der Waals surface area contributed by atoms with Crippen molar-refractivity contribution in [2.24, 2.45) is 0 Å². The summed E-state index contributed by atoms with van der Waals surface area (Å²) in [6.45, 7) is 0. The monoisotopic (exact) mass is 258 g/mol. The van der Waals surface area contributed by atoms with Crippen LogP contribution in [0.1, 0.15) is 5.82 Å². The maximum absolute atomic E-state index is 5.28. The molecule has 0 spiro atoms. The van der Waals surface area contributed by atoms with Gasteiger partial charge in [-0.25, -0.2) is 0 Å². The van der Waals surface area contributed by atoms with Crippen molar-refractivity contribution >= 4 is 23.1 Å². The Kier molecular flexibility index (Phi) is 3.62. The fraction of sp³-hybridized carbons (Fsp3) is 0.375. The van der Waals surface area contributed by atoms with E-state index in [0.29, 0.717) is 11.6 Å². The summed E-state index contributed by atoms with van der Waals surface area (Å²) in [4.78, 5) is 0. The first kappa shape index (κ1) is 11.2. The molecule has 0 unspecified atom stereocenters. The van der Waals surface area contributed by atoms with Crippen molar-refractivity contribution in [3.63, 3.8) is 0 Å². The number of methoxy groups -OCH3 is 2. The summed E-state index contributed by atoms with van der Waals surface area (Å²) in [6.07, 6.45) is 0. The fourth-order valence-electron chi connectivity index (χ4n) is 1.11. The number of rotatable bonds is 5. The molecule has 1 N–H and O–H groups in total. The van der Waals surface area contributed by atoms with Crippen LogP contribution in [0.3, 0.4) is 0 Å². The zero-order chi connectivity index (χ0) is 11.4. The molecule has 0 saturated heterocycles. The minimum atomic E-state index is 0.649. The number of thioether (sulfide) groups is 1. The molecular formula is C8H10N4O2S2. The number of thiophene rings is 1. The SMILES string of the molecule is COc1csc(SCc2nn[nH]n2)c1OC. The maximum Gasteiger partial charge on any atom is 0.185 e. The first-order valence-corrected chi connectivity index (χ1v) is 6.26. The number of nitrogens with zero attached hydrogens (tertiary/aromatic N) is 3. The molecule has 86 valence electrons. The van der Waals surface area contributed by atoms with Crippen LogP contribution in [0.15, 0.2) is 9.59 Å². The minimum Gasteiger partial charge on any atom is -0.492 e. The van der Waals surface area contributed by atoms with Crippen LogP contribution in [0.25, 0.3) is 0 Å². The number of tetrazole rings is 1. The Hall–Kier alpha value is -1.28. The van der Waals surface area contributed by atoms with Crippen LogP contribution >= 0.6 is 23.1 Å². The molecule has 0 aliphatic carbocycles. The second-order valence-corrected chi connectivity index (χ2v) is 4.87. The van der Waals surface area contributed by atoms with Gasteiger partial charge in [0.1, 0.15) is 4.21 Å². The Bertz CT molecular complexity index is 443. The molecule has 0 aromatic carbocycles. The molecule has 2 aromatic heterocycles. The van der Waals surface area contributed by atoms with E-state index in [9.17, 15) is 0 Å². The smallest absolute Gasteiger partial charge is 0.185 e. The van der Waals surface area contributed by atoms with Gasteiger partial charge in [-0.15, -0.1) is 33.3 Å². The standard InChI is InChI=1S/C8H10N4O2S2/c1-13-5-3-15-8(7(5)14-2)16-4-6-9-11-12-10-6/h3H,4H2,1-2H3,(H,9,10,11,12). The van der Waals surface area contributed by atoms with Gasteiger partial charge in [0.25, 0.3) is 0 Å². The summed E-state index contributed by atoms with van der Waals surface area (Å²) in [7, 11) is 3.25. The van der Waals surface area contributed by atoms with E-state index in [1.165, 1.54) is 0 Å². The third-order valence-electron chi connectivity index (χ3n) is 1.83. The fourth-order valence-corrected chi connectivity index (χ4v) is 3.11. The number of nitrogens with one attached hydrogen (secondary N) is 1. The van der Waals surface area contributed by atoms with E-state index in [4.69, 9.17) is 9.47 Å². The first-order valence-electron chi connectivity index (χ1n) is 4.39. The molecule has 2 rings (SSSR count). The summed E-state index contributed by atoms with van der Waals surface area (Å²) in [5, 5.41) is 15.6. The van der Waals surface area contributed by atoms with E-state index in [1.54, 1.807) is 37.3 Å². The Balaban J connectivity index is 2.06. The highest BCUT2D eigenvalue weighted by Crippen LogP contribution is 2.43. The molecule has 0 aliphatic heterocycles. The lowest BCUT2D eigenvalue weighted by Crippen LogP contribution is -1.88. The van der Waals surface area contributed by atoms with Gasteiger partial charge in [-0.2, -0.15) is 5.21 Å². The Morgan fingerprint density at radius 2 is 2.31 bits per heavy atom. The molecule has 2 aromatic rings. The van der Waals surface area contributed by atoms with Crippen LogP contribution in [0, 0.1) is 0 Å². The van der Waals surface area contributed by atoms with Crippen molar-refractivity contribution in [2.45, 2.75) is 9.96 Å². The summed E-state index contributed by atoms with van der Waals surface area (Å²) < 4.78 is 11.5. The number of hydrogen-bond donors (Lipinski definition) is 1. The highest BCUT2D eigenvalue weighted by molar-refractivity contribution is 8.00. The normalized spacial score (nSPS) is 10.4. The lowest BCUT2D eigenvalue weighted by atomic mass is 10.5. The number of hydrogen-bond acceptors (Lipinski definition) is 7. The average molecular weight is 258 g/mol. The van der Waals surface area contributed by atoms with Gasteiger partial charge < -0.3 is 9.47 Å². The summed E-state index contributed by atoms with van der Waals surface area (Å²) >= 11 is 3.17. The van der Waals surface area contributed by atoms with E-state index < -0.39 is 0 Å². The number of aromatic amines is 1. The second-order valence-electron chi connectivity index (χ2n) is 2.74. The summed E-state index contributed by atoms with van der Waals surface area (Å²) in [5.74, 6) is 2.83. The summed E-state index contributed by atoms with van der Waals surface area (Å²) in [5.41, 5.74) is 0. The van der Waals surface area contributed by atoms with Gasteiger partial charge in [0.15, 0.2) is 17.3 Å². The van der Waals surface area contributed by atoms with Crippen LogP contribution in [-0.4, -0.2) is 34.8 Å². The molecule has 0 bridgehead atoms. The van der Waals surface area contributed by atoms with Crippen LogP contribution < -0.4 is 9.47 Å². The van der Waals surface area contributed by atoms with E-state index in [1.807, 2.05) is 5.38 Å². The average Bonchev–Trinajstić information content (AvgIpc) is 2.94. The zero-order valence-corrected chi connectivity index (χ0v) is 10.4. The van der Waals surface area contributed by atoms with Crippen molar-refractivity contribution < 1.29 is 9.47 Å². The van der Waals surface area contributed by atoms with Crippen LogP contribution in [0.4, 0.5) is 0 Å². The van der Waals surface area contributed by atoms with Gasteiger partial charge in [0.05, 0.1) is 20.0 Å². The van der Waals surface area contributed by atoms with Crippen molar-refractivity contribution in [3.8, 4) is 11.5 Å². The van der Waals surface area contributed by atoms with Gasteiger partial charge >= 0.3 is 0 Å². The molecule has 8 heteroatoms. The Morgan fingerprint density at radius 3 is 2.94 bits per heavy atom. The van der Waals surface area contributed by atoms with E-state index in [0.717, 1.165) is 15.7 Å². The molecule has 0 fully saturated rings. The lowest BCUT2D eigenvalue weighted by Gasteiger charge is -2.03. The maximum atomic E-state index is 5.28. The van der Waals surface area contributed by atoms with Crippen LogP contribution in [-0.2, 0) is 5.75 Å². The van der Waals surface area contributed by atoms with Crippen LogP contribution in [0.5, 0.6) is 11.5 Å². The molecular weight excluding hydrogens is 248 g/mol. The highest BCUT2D eigenvalue weighted by Gasteiger charge is 2.14. The quantitative estimate of drug-likeness (QED) is 0.821. The van der Waals surface area contributed by atoms with Gasteiger partial charge in [0.2, 0.25) is 0 Å². The Morgan fingerprint density at radius 1 is 1.44 bits per heavy atom.